The van der Waals surface area contributed by atoms with Crippen molar-refractivity contribution < 1.29 is 4.74 Å². The summed E-state index contributed by atoms with van der Waals surface area (Å²) in [6, 6.07) is 8.02. The van der Waals surface area contributed by atoms with E-state index in [1.54, 1.807) is 7.11 Å². The average molecular weight is 163 g/mol. The quantitative estimate of drug-likeness (QED) is 0.651. The molecule has 12 heavy (non-hydrogen) atoms. The highest BCUT2D eigenvalue weighted by atomic mass is 16.5. The van der Waals surface area contributed by atoms with Crippen LogP contribution in [0.15, 0.2) is 24.3 Å². The summed E-state index contributed by atoms with van der Waals surface area (Å²) in [5.41, 5.74) is 1.20. The van der Waals surface area contributed by atoms with Crippen LogP contribution in [0.4, 0.5) is 0 Å². The Morgan fingerprint density at radius 1 is 1.17 bits per heavy atom. The molecule has 1 radical (unpaired) electrons. The highest BCUT2D eigenvalue weighted by molar-refractivity contribution is 5.31. The first-order chi connectivity index (χ1) is 5.54. The van der Waals surface area contributed by atoms with E-state index in [2.05, 4.69) is 20.8 Å². The Balaban J connectivity index is 2.93. The highest BCUT2D eigenvalue weighted by Gasteiger charge is 2.12. The molecule has 1 nitrogen and oxygen atoms in total. The maximum Gasteiger partial charge on any atom is 0.118 e. The predicted molar refractivity (Wildman–Crippen MR) is 51.4 cm³/mol. The van der Waals surface area contributed by atoms with Gasteiger partial charge in [0.15, 0.2) is 0 Å². The van der Waals surface area contributed by atoms with E-state index in [-0.39, 0.29) is 5.41 Å². The van der Waals surface area contributed by atoms with Gasteiger partial charge < -0.3 is 4.74 Å². The lowest BCUT2D eigenvalue weighted by Crippen LogP contribution is -2.10. The Kier molecular flexibility index (Phi) is 2.41. The molecule has 1 aromatic rings. The van der Waals surface area contributed by atoms with Gasteiger partial charge in [-0.25, -0.2) is 0 Å². The van der Waals surface area contributed by atoms with Crippen molar-refractivity contribution in [2.24, 2.45) is 0 Å². The molecule has 0 aliphatic rings. The van der Waals surface area contributed by atoms with E-state index < -0.39 is 0 Å². The third kappa shape index (κ3) is 2.00. The van der Waals surface area contributed by atoms with Crippen LogP contribution >= 0.6 is 0 Å². The highest BCUT2D eigenvalue weighted by Crippen LogP contribution is 2.23. The van der Waals surface area contributed by atoms with Crippen LogP contribution in [0.3, 0.4) is 0 Å². The number of methoxy groups -OCH3 is 1. The van der Waals surface area contributed by atoms with Crippen LogP contribution in [0.5, 0.6) is 5.75 Å². The summed E-state index contributed by atoms with van der Waals surface area (Å²) >= 11 is 0. The number of ether oxygens (including phenoxy) is 1. The largest absolute Gasteiger partial charge is 0.497 e. The van der Waals surface area contributed by atoms with E-state index in [1.807, 2.05) is 24.3 Å². The molecule has 0 unspecified atom stereocenters. The zero-order chi connectivity index (χ0) is 9.19. The topological polar surface area (TPSA) is 9.23 Å². The zero-order valence-corrected chi connectivity index (χ0v) is 7.92. The molecular weight excluding hydrogens is 148 g/mol. The molecule has 0 bridgehead atoms. The van der Waals surface area contributed by atoms with Crippen molar-refractivity contribution in [3.05, 3.63) is 36.8 Å². The summed E-state index contributed by atoms with van der Waals surface area (Å²) in [6.07, 6.45) is 0. The molecule has 0 spiro atoms. The Morgan fingerprint density at radius 3 is 2.00 bits per heavy atom. The van der Waals surface area contributed by atoms with Crippen molar-refractivity contribution >= 4 is 0 Å². The molecule has 0 heterocycles. The third-order valence-electron chi connectivity index (χ3n) is 1.87. The van der Waals surface area contributed by atoms with Crippen molar-refractivity contribution in [2.75, 3.05) is 7.11 Å². The molecule has 0 aliphatic heterocycles. The molecule has 1 rings (SSSR count). The number of hydrogen-bond donors (Lipinski definition) is 0. The van der Waals surface area contributed by atoms with Gasteiger partial charge in [0.1, 0.15) is 5.75 Å². The van der Waals surface area contributed by atoms with Crippen LogP contribution in [0.25, 0.3) is 0 Å². The fourth-order valence-electron chi connectivity index (χ4n) is 1.04. The summed E-state index contributed by atoms with van der Waals surface area (Å²) in [6.45, 7) is 8.24. The molecule has 0 amide bonds. The van der Waals surface area contributed by atoms with Crippen LogP contribution < -0.4 is 4.74 Å². The van der Waals surface area contributed by atoms with Gasteiger partial charge in [0.2, 0.25) is 0 Å². The van der Waals surface area contributed by atoms with E-state index in [1.165, 1.54) is 5.56 Å². The molecule has 0 saturated heterocycles. The Hall–Kier alpha value is -0.980. The van der Waals surface area contributed by atoms with E-state index in [4.69, 9.17) is 4.74 Å². The van der Waals surface area contributed by atoms with Crippen molar-refractivity contribution in [1.29, 1.82) is 0 Å². The fraction of sp³-hybridized carbons (Fsp3) is 0.364. The van der Waals surface area contributed by atoms with Crippen molar-refractivity contribution in [3.8, 4) is 5.75 Å². The van der Waals surface area contributed by atoms with E-state index in [0.717, 1.165) is 5.75 Å². The minimum Gasteiger partial charge on any atom is -0.497 e. The van der Waals surface area contributed by atoms with Gasteiger partial charge in [0.25, 0.3) is 0 Å². The number of hydrogen-bond acceptors (Lipinski definition) is 1. The number of benzene rings is 1. The summed E-state index contributed by atoms with van der Waals surface area (Å²) in [4.78, 5) is 0. The Labute approximate surface area is 74.4 Å². The zero-order valence-electron chi connectivity index (χ0n) is 7.92. The van der Waals surface area contributed by atoms with Gasteiger partial charge in [0.05, 0.1) is 7.11 Å². The van der Waals surface area contributed by atoms with Crippen LogP contribution in [-0.4, -0.2) is 7.11 Å². The van der Waals surface area contributed by atoms with Crippen LogP contribution in [0.2, 0.25) is 0 Å². The van der Waals surface area contributed by atoms with Crippen LogP contribution in [0, 0.1) is 6.92 Å². The van der Waals surface area contributed by atoms with Crippen molar-refractivity contribution in [2.45, 2.75) is 19.3 Å². The smallest absolute Gasteiger partial charge is 0.118 e. The van der Waals surface area contributed by atoms with Crippen LogP contribution in [-0.2, 0) is 5.41 Å². The van der Waals surface area contributed by atoms with Gasteiger partial charge in [0, 0.05) is 0 Å². The van der Waals surface area contributed by atoms with E-state index in [9.17, 15) is 0 Å². The van der Waals surface area contributed by atoms with Crippen molar-refractivity contribution in [1.82, 2.24) is 0 Å². The van der Waals surface area contributed by atoms with Gasteiger partial charge >= 0.3 is 0 Å². The molecule has 65 valence electrons. The molecule has 0 aromatic heterocycles. The lowest BCUT2D eigenvalue weighted by molar-refractivity contribution is 0.414. The van der Waals surface area contributed by atoms with Gasteiger partial charge in [-0.3, -0.25) is 0 Å². The molecule has 0 atom stereocenters. The van der Waals surface area contributed by atoms with E-state index in [0.29, 0.717) is 0 Å². The standard InChI is InChI=1S/C11H15O/c1-11(2,3)9-5-7-10(12-4)8-6-9/h5-8H,1H2,2-4H3. The monoisotopic (exact) mass is 163 g/mol. The first-order valence-electron chi connectivity index (χ1n) is 4.04. The summed E-state index contributed by atoms with van der Waals surface area (Å²) < 4.78 is 5.06. The molecule has 1 heteroatoms. The first kappa shape index (κ1) is 9.11. The average Bonchev–Trinajstić information content (AvgIpc) is 2.03. The lowest BCUT2D eigenvalue weighted by Gasteiger charge is -2.18. The number of rotatable bonds is 2. The molecule has 0 aliphatic carbocycles. The Bertz CT molecular complexity index is 241. The molecule has 0 fully saturated rings. The molecule has 0 saturated carbocycles. The van der Waals surface area contributed by atoms with Gasteiger partial charge in [-0.15, -0.1) is 0 Å². The second-order valence-electron chi connectivity index (χ2n) is 3.61. The minimum atomic E-state index is -0.0216. The first-order valence-corrected chi connectivity index (χ1v) is 4.04. The summed E-state index contributed by atoms with van der Waals surface area (Å²) in [5, 5.41) is 0. The molecule has 0 N–H and O–H groups in total. The normalized spacial score (nSPS) is 11.3. The van der Waals surface area contributed by atoms with Crippen molar-refractivity contribution in [3.63, 3.8) is 0 Å². The van der Waals surface area contributed by atoms with Gasteiger partial charge in [-0.1, -0.05) is 26.0 Å². The lowest BCUT2D eigenvalue weighted by atomic mass is 9.87. The third-order valence-corrected chi connectivity index (χ3v) is 1.87. The summed E-state index contributed by atoms with van der Waals surface area (Å²) in [7, 11) is 1.67. The Morgan fingerprint density at radius 2 is 1.67 bits per heavy atom. The second-order valence-corrected chi connectivity index (χ2v) is 3.61. The maximum atomic E-state index is 5.06. The predicted octanol–water partition coefficient (Wildman–Crippen LogP) is 2.81. The maximum absolute atomic E-state index is 5.06. The van der Waals surface area contributed by atoms with Gasteiger partial charge in [-0.2, -0.15) is 0 Å². The minimum absolute atomic E-state index is 0.0216. The second kappa shape index (κ2) is 3.18. The van der Waals surface area contributed by atoms with Crippen LogP contribution in [0.1, 0.15) is 19.4 Å². The molecule has 1 aromatic carbocycles. The van der Waals surface area contributed by atoms with E-state index >= 15 is 0 Å². The summed E-state index contributed by atoms with van der Waals surface area (Å²) in [5.74, 6) is 0.892. The fourth-order valence-corrected chi connectivity index (χ4v) is 1.04. The molecular formula is C11H15O. The van der Waals surface area contributed by atoms with Gasteiger partial charge in [-0.05, 0) is 30.0 Å². The SMILES string of the molecule is [CH2]C(C)(C)c1ccc(OC)cc1.